The molecule has 1 aromatic rings. The fourth-order valence-electron chi connectivity index (χ4n) is 1.88. The molecule has 0 radical (unpaired) electrons. The zero-order valence-electron chi connectivity index (χ0n) is 10.7. The number of alkyl halides is 1. The average molecular weight is 255 g/mol. The van der Waals surface area contributed by atoms with E-state index in [0.29, 0.717) is 0 Å². The van der Waals surface area contributed by atoms with Gasteiger partial charge in [-0.25, -0.2) is 0 Å². The Kier molecular flexibility index (Phi) is 8.02. The van der Waals surface area contributed by atoms with Crippen molar-refractivity contribution in [2.45, 2.75) is 39.2 Å². The Morgan fingerprint density at radius 2 is 1.82 bits per heavy atom. The topological polar surface area (TPSA) is 16.1 Å². The van der Waals surface area contributed by atoms with Crippen LogP contribution in [0.4, 0.5) is 0 Å². The highest BCUT2D eigenvalue weighted by Crippen LogP contribution is 2.06. The molecule has 96 valence electrons. The summed E-state index contributed by atoms with van der Waals surface area (Å²) >= 11 is 5.66. The highest BCUT2D eigenvalue weighted by Gasteiger charge is 2.02. The summed E-state index contributed by atoms with van der Waals surface area (Å²) in [6.07, 6.45) is 8.71. The second-order valence-corrected chi connectivity index (χ2v) is 4.71. The van der Waals surface area contributed by atoms with Crippen molar-refractivity contribution >= 4 is 11.6 Å². The van der Waals surface area contributed by atoms with E-state index >= 15 is 0 Å². The fourth-order valence-corrected chi connectivity index (χ4v) is 2.07. The summed E-state index contributed by atoms with van der Waals surface area (Å²) in [5.41, 5.74) is 1.35. The molecule has 1 heterocycles. The molecule has 1 aromatic heterocycles. The standard InChI is InChI=1S/C14H23ClN2/c1-2-17(12-6-4-3-5-9-15)13-14-7-10-16-11-8-14/h7-8,10-11H,2-6,9,12-13H2,1H3. The summed E-state index contributed by atoms with van der Waals surface area (Å²) in [7, 11) is 0. The van der Waals surface area contributed by atoms with E-state index in [1.807, 2.05) is 12.4 Å². The van der Waals surface area contributed by atoms with Gasteiger partial charge in [-0.2, -0.15) is 0 Å². The molecule has 0 aliphatic carbocycles. The van der Waals surface area contributed by atoms with Crippen LogP contribution in [0.1, 0.15) is 38.2 Å². The van der Waals surface area contributed by atoms with Crippen LogP contribution < -0.4 is 0 Å². The SMILES string of the molecule is CCN(CCCCCCCl)Cc1ccncc1. The van der Waals surface area contributed by atoms with Crippen molar-refractivity contribution in [3.63, 3.8) is 0 Å². The highest BCUT2D eigenvalue weighted by atomic mass is 35.5. The molecule has 0 unspecified atom stereocenters. The van der Waals surface area contributed by atoms with Crippen molar-refractivity contribution in [3.8, 4) is 0 Å². The van der Waals surface area contributed by atoms with E-state index < -0.39 is 0 Å². The van der Waals surface area contributed by atoms with Crippen LogP contribution in [0.3, 0.4) is 0 Å². The van der Waals surface area contributed by atoms with Crippen LogP contribution in [0.5, 0.6) is 0 Å². The zero-order chi connectivity index (χ0) is 12.3. The lowest BCUT2D eigenvalue weighted by Crippen LogP contribution is -2.24. The lowest BCUT2D eigenvalue weighted by Gasteiger charge is -2.20. The molecule has 0 bridgehead atoms. The Morgan fingerprint density at radius 3 is 2.47 bits per heavy atom. The maximum atomic E-state index is 5.66. The minimum atomic E-state index is 0.800. The molecule has 0 amide bonds. The minimum Gasteiger partial charge on any atom is -0.299 e. The summed E-state index contributed by atoms with van der Waals surface area (Å²) in [5, 5.41) is 0. The van der Waals surface area contributed by atoms with Gasteiger partial charge in [0.05, 0.1) is 0 Å². The highest BCUT2D eigenvalue weighted by molar-refractivity contribution is 6.17. The third kappa shape index (κ3) is 6.64. The Bertz CT molecular complexity index is 277. The number of halogens is 1. The molecule has 0 aromatic carbocycles. The van der Waals surface area contributed by atoms with Gasteiger partial charge in [0.15, 0.2) is 0 Å². The fraction of sp³-hybridized carbons (Fsp3) is 0.643. The van der Waals surface area contributed by atoms with Crippen LogP contribution in [0, 0.1) is 0 Å². The van der Waals surface area contributed by atoms with Crippen LogP contribution in [0.25, 0.3) is 0 Å². The summed E-state index contributed by atoms with van der Waals surface area (Å²) in [5.74, 6) is 0.800. The maximum Gasteiger partial charge on any atom is 0.0271 e. The van der Waals surface area contributed by atoms with Gasteiger partial charge in [0.2, 0.25) is 0 Å². The Hall–Kier alpha value is -0.600. The van der Waals surface area contributed by atoms with Crippen LogP contribution >= 0.6 is 11.6 Å². The Labute approximate surface area is 110 Å². The molecule has 0 aliphatic heterocycles. The maximum absolute atomic E-state index is 5.66. The average Bonchev–Trinajstić information content (AvgIpc) is 2.38. The number of pyridine rings is 1. The van der Waals surface area contributed by atoms with Gasteiger partial charge in [0.25, 0.3) is 0 Å². The van der Waals surface area contributed by atoms with Gasteiger partial charge in [-0.05, 0) is 43.6 Å². The van der Waals surface area contributed by atoms with Gasteiger partial charge >= 0.3 is 0 Å². The van der Waals surface area contributed by atoms with E-state index in [4.69, 9.17) is 11.6 Å². The lowest BCUT2D eigenvalue weighted by molar-refractivity contribution is 0.272. The predicted molar refractivity (Wildman–Crippen MR) is 74.4 cm³/mol. The molecule has 2 nitrogen and oxygen atoms in total. The first-order chi connectivity index (χ1) is 8.36. The van der Waals surface area contributed by atoms with Crippen molar-refractivity contribution in [2.24, 2.45) is 0 Å². The van der Waals surface area contributed by atoms with E-state index in [0.717, 1.165) is 25.4 Å². The van der Waals surface area contributed by atoms with Gasteiger partial charge in [-0.3, -0.25) is 9.88 Å². The van der Waals surface area contributed by atoms with E-state index in [1.165, 1.54) is 31.4 Å². The Balaban J connectivity index is 2.20. The molecule has 3 heteroatoms. The van der Waals surface area contributed by atoms with Gasteiger partial charge in [-0.1, -0.05) is 19.8 Å². The molecule has 0 fully saturated rings. The van der Waals surface area contributed by atoms with E-state index in [9.17, 15) is 0 Å². The van der Waals surface area contributed by atoms with Crippen molar-refractivity contribution in [2.75, 3.05) is 19.0 Å². The third-order valence-electron chi connectivity index (χ3n) is 2.96. The summed E-state index contributed by atoms with van der Waals surface area (Å²) in [6, 6.07) is 4.19. The normalized spacial score (nSPS) is 11.0. The van der Waals surface area contributed by atoms with Gasteiger partial charge in [-0.15, -0.1) is 11.6 Å². The van der Waals surface area contributed by atoms with Crippen molar-refractivity contribution in [3.05, 3.63) is 30.1 Å². The van der Waals surface area contributed by atoms with Crippen LogP contribution in [-0.2, 0) is 6.54 Å². The second-order valence-electron chi connectivity index (χ2n) is 4.33. The molecule has 0 saturated carbocycles. The predicted octanol–water partition coefficient (Wildman–Crippen LogP) is 3.70. The van der Waals surface area contributed by atoms with Crippen molar-refractivity contribution in [1.29, 1.82) is 0 Å². The van der Waals surface area contributed by atoms with Gasteiger partial charge < -0.3 is 0 Å². The lowest BCUT2D eigenvalue weighted by atomic mass is 10.2. The molecule has 0 N–H and O–H groups in total. The molecule has 0 saturated heterocycles. The van der Waals surface area contributed by atoms with Crippen LogP contribution in [0.15, 0.2) is 24.5 Å². The quantitative estimate of drug-likeness (QED) is 0.493. The van der Waals surface area contributed by atoms with Crippen molar-refractivity contribution in [1.82, 2.24) is 9.88 Å². The molecule has 0 atom stereocenters. The smallest absolute Gasteiger partial charge is 0.0271 e. The van der Waals surface area contributed by atoms with Gasteiger partial charge in [0, 0.05) is 24.8 Å². The molecule has 0 aliphatic rings. The molecule has 1 rings (SSSR count). The van der Waals surface area contributed by atoms with Crippen LogP contribution in [-0.4, -0.2) is 28.9 Å². The third-order valence-corrected chi connectivity index (χ3v) is 3.23. The monoisotopic (exact) mass is 254 g/mol. The molecular formula is C14H23ClN2. The van der Waals surface area contributed by atoms with Crippen molar-refractivity contribution < 1.29 is 0 Å². The first-order valence-corrected chi connectivity index (χ1v) is 7.07. The summed E-state index contributed by atoms with van der Waals surface area (Å²) in [6.45, 7) is 5.55. The van der Waals surface area contributed by atoms with E-state index in [-0.39, 0.29) is 0 Å². The number of unbranched alkanes of at least 4 members (excludes halogenated alkanes) is 3. The van der Waals surface area contributed by atoms with E-state index in [2.05, 4.69) is 28.9 Å². The first kappa shape index (κ1) is 14.5. The molecule has 0 spiro atoms. The first-order valence-electron chi connectivity index (χ1n) is 6.54. The molecule has 17 heavy (non-hydrogen) atoms. The number of hydrogen-bond donors (Lipinski definition) is 0. The largest absolute Gasteiger partial charge is 0.299 e. The summed E-state index contributed by atoms with van der Waals surface area (Å²) < 4.78 is 0. The number of aromatic nitrogens is 1. The number of nitrogens with zero attached hydrogens (tertiary/aromatic N) is 2. The van der Waals surface area contributed by atoms with E-state index in [1.54, 1.807) is 0 Å². The molecular weight excluding hydrogens is 232 g/mol. The Morgan fingerprint density at radius 1 is 1.12 bits per heavy atom. The number of rotatable bonds is 9. The zero-order valence-corrected chi connectivity index (χ0v) is 11.5. The minimum absolute atomic E-state index is 0.800. The van der Waals surface area contributed by atoms with Gasteiger partial charge in [0.1, 0.15) is 0 Å². The van der Waals surface area contributed by atoms with Crippen LogP contribution in [0.2, 0.25) is 0 Å². The second kappa shape index (κ2) is 9.43. The summed E-state index contributed by atoms with van der Waals surface area (Å²) in [4.78, 5) is 6.53. The number of hydrogen-bond acceptors (Lipinski definition) is 2.